The number of esters is 1. The second-order valence-corrected chi connectivity index (χ2v) is 7.43. The zero-order valence-electron chi connectivity index (χ0n) is 15.9. The molecule has 2 aromatic carbocycles. The van der Waals surface area contributed by atoms with E-state index in [0.29, 0.717) is 25.3 Å². The number of carbonyl (C=O) groups is 1. The number of rotatable bonds is 8. The molecule has 1 atom stereocenters. The normalized spacial score (nSPS) is 11.8. The summed E-state index contributed by atoms with van der Waals surface area (Å²) in [5.41, 5.74) is 2.92. The summed E-state index contributed by atoms with van der Waals surface area (Å²) in [6.07, 6.45) is 1.14. The predicted octanol–water partition coefficient (Wildman–Crippen LogP) is 4.75. The number of aromatic nitrogens is 1. The Bertz CT molecular complexity index is 906. The topological polar surface area (TPSA) is 61.6 Å². The molecule has 0 aliphatic rings. The van der Waals surface area contributed by atoms with Crippen molar-refractivity contribution < 1.29 is 18.7 Å². The number of alkyl halides is 1. The van der Waals surface area contributed by atoms with Gasteiger partial charge >= 0.3 is 5.97 Å². The Kier molecular flexibility index (Phi) is 6.87. The lowest BCUT2D eigenvalue weighted by atomic mass is 10.1. The van der Waals surface area contributed by atoms with Gasteiger partial charge in [-0.15, -0.1) is 0 Å². The molecule has 0 saturated carbocycles. The van der Waals surface area contributed by atoms with E-state index in [-0.39, 0.29) is 10.8 Å². The molecule has 6 heteroatoms. The van der Waals surface area contributed by atoms with E-state index in [1.165, 1.54) is 7.11 Å². The molecule has 3 aromatic rings. The monoisotopic (exact) mass is 443 g/mol. The van der Waals surface area contributed by atoms with E-state index in [1.807, 2.05) is 61.5 Å². The van der Waals surface area contributed by atoms with E-state index < -0.39 is 0 Å². The van der Waals surface area contributed by atoms with E-state index in [2.05, 4.69) is 20.9 Å². The number of methoxy groups -OCH3 is 1. The first-order valence-electron chi connectivity index (χ1n) is 9.02. The third kappa shape index (κ3) is 5.23. The summed E-state index contributed by atoms with van der Waals surface area (Å²) >= 11 is 3.33. The molecule has 28 heavy (non-hydrogen) atoms. The second kappa shape index (κ2) is 9.55. The van der Waals surface area contributed by atoms with Crippen LogP contribution in [0.4, 0.5) is 0 Å². The van der Waals surface area contributed by atoms with Gasteiger partial charge in [0.2, 0.25) is 0 Å². The molecule has 0 aliphatic heterocycles. The van der Waals surface area contributed by atoms with Gasteiger partial charge in [0, 0.05) is 5.56 Å². The first kappa shape index (κ1) is 20.1. The van der Waals surface area contributed by atoms with Crippen LogP contribution in [-0.2, 0) is 22.4 Å². The number of oxazole rings is 1. The molecule has 5 nitrogen and oxygen atoms in total. The van der Waals surface area contributed by atoms with Crippen LogP contribution in [0.2, 0.25) is 0 Å². The minimum absolute atomic E-state index is 0.281. The Hall–Kier alpha value is -2.60. The van der Waals surface area contributed by atoms with Crippen molar-refractivity contribution in [3.63, 3.8) is 0 Å². The van der Waals surface area contributed by atoms with Crippen molar-refractivity contribution >= 4 is 21.9 Å². The summed E-state index contributed by atoms with van der Waals surface area (Å²) in [4.78, 5) is 15.6. The van der Waals surface area contributed by atoms with Crippen LogP contribution in [0.25, 0.3) is 11.3 Å². The van der Waals surface area contributed by atoms with Gasteiger partial charge in [0.1, 0.15) is 10.6 Å². The van der Waals surface area contributed by atoms with Gasteiger partial charge in [-0.2, -0.15) is 0 Å². The zero-order chi connectivity index (χ0) is 19.9. The lowest BCUT2D eigenvalue weighted by Gasteiger charge is -2.09. The number of nitrogens with zero attached hydrogens (tertiary/aromatic N) is 1. The zero-order valence-corrected chi connectivity index (χ0v) is 17.4. The summed E-state index contributed by atoms with van der Waals surface area (Å²) < 4.78 is 16.4. The number of halogens is 1. The van der Waals surface area contributed by atoms with Crippen LogP contribution in [0, 0.1) is 6.92 Å². The highest BCUT2D eigenvalue weighted by molar-refractivity contribution is 9.10. The molecule has 0 aliphatic carbocycles. The number of hydrogen-bond donors (Lipinski definition) is 0. The van der Waals surface area contributed by atoms with Crippen LogP contribution in [-0.4, -0.2) is 29.5 Å². The minimum atomic E-state index is -0.351. The molecule has 0 saturated heterocycles. The Morgan fingerprint density at radius 1 is 1.14 bits per heavy atom. The van der Waals surface area contributed by atoms with Crippen molar-refractivity contribution in [1.29, 1.82) is 0 Å². The fourth-order valence-corrected chi connectivity index (χ4v) is 3.37. The van der Waals surface area contributed by atoms with Crippen molar-refractivity contribution in [3.8, 4) is 17.1 Å². The largest absolute Gasteiger partial charge is 0.493 e. The Labute approximate surface area is 172 Å². The third-order valence-corrected chi connectivity index (χ3v) is 4.95. The highest BCUT2D eigenvalue weighted by Gasteiger charge is 2.15. The molecular formula is C22H22BrNO4. The summed E-state index contributed by atoms with van der Waals surface area (Å²) in [6, 6.07) is 17.6. The predicted molar refractivity (Wildman–Crippen MR) is 111 cm³/mol. The summed E-state index contributed by atoms with van der Waals surface area (Å²) in [6.45, 7) is 2.41. The molecule has 1 heterocycles. The Balaban J connectivity index is 1.52. The number of aryl methyl sites for hydroxylation is 1. The van der Waals surface area contributed by atoms with Gasteiger partial charge in [0.15, 0.2) is 11.7 Å². The Morgan fingerprint density at radius 2 is 1.86 bits per heavy atom. The molecule has 0 amide bonds. The smallest absolute Gasteiger partial charge is 0.319 e. The lowest BCUT2D eigenvalue weighted by molar-refractivity contribution is -0.139. The van der Waals surface area contributed by atoms with Gasteiger partial charge in [0.25, 0.3) is 0 Å². The lowest BCUT2D eigenvalue weighted by Crippen LogP contribution is -2.17. The molecule has 0 radical (unpaired) electrons. The Morgan fingerprint density at radius 3 is 2.54 bits per heavy atom. The van der Waals surface area contributed by atoms with Crippen molar-refractivity contribution in [3.05, 3.63) is 71.7 Å². The summed E-state index contributed by atoms with van der Waals surface area (Å²) in [5, 5.41) is 0. The third-order valence-electron chi connectivity index (χ3n) is 4.26. The molecule has 0 bridgehead atoms. The van der Waals surface area contributed by atoms with Crippen LogP contribution in [0.3, 0.4) is 0 Å². The van der Waals surface area contributed by atoms with Gasteiger partial charge < -0.3 is 13.9 Å². The fraction of sp³-hybridized carbons (Fsp3) is 0.273. The average molecular weight is 444 g/mol. The van der Waals surface area contributed by atoms with Crippen LogP contribution in [0.5, 0.6) is 5.75 Å². The minimum Gasteiger partial charge on any atom is -0.493 e. The van der Waals surface area contributed by atoms with Crippen molar-refractivity contribution in [2.75, 3.05) is 13.7 Å². The van der Waals surface area contributed by atoms with Gasteiger partial charge in [-0.1, -0.05) is 58.4 Å². The molecule has 0 N–H and O–H groups in total. The van der Waals surface area contributed by atoms with Crippen LogP contribution in [0.15, 0.2) is 59.0 Å². The number of carbonyl (C=O) groups excluding carboxylic acids is 1. The number of benzene rings is 2. The van der Waals surface area contributed by atoms with Crippen molar-refractivity contribution in [1.82, 2.24) is 4.98 Å². The molecular weight excluding hydrogens is 422 g/mol. The average Bonchev–Trinajstić information content (AvgIpc) is 3.09. The maximum Gasteiger partial charge on any atom is 0.319 e. The van der Waals surface area contributed by atoms with Crippen molar-refractivity contribution in [2.45, 2.75) is 24.6 Å². The van der Waals surface area contributed by atoms with E-state index in [4.69, 9.17) is 13.9 Å². The molecule has 0 fully saturated rings. The highest BCUT2D eigenvalue weighted by atomic mass is 79.9. The van der Waals surface area contributed by atoms with E-state index in [0.717, 1.165) is 28.3 Å². The van der Waals surface area contributed by atoms with Crippen molar-refractivity contribution in [2.24, 2.45) is 0 Å². The second-order valence-electron chi connectivity index (χ2n) is 6.33. The maximum absolute atomic E-state index is 11.5. The van der Waals surface area contributed by atoms with Crippen LogP contribution >= 0.6 is 15.9 Å². The number of hydrogen-bond acceptors (Lipinski definition) is 5. The van der Waals surface area contributed by atoms with Crippen LogP contribution < -0.4 is 4.74 Å². The number of ether oxygens (including phenoxy) is 2. The maximum atomic E-state index is 11.5. The van der Waals surface area contributed by atoms with E-state index in [1.54, 1.807) is 0 Å². The van der Waals surface area contributed by atoms with Gasteiger partial charge in [-0.05, 0) is 31.0 Å². The molecule has 146 valence electrons. The first-order chi connectivity index (χ1) is 13.6. The van der Waals surface area contributed by atoms with Gasteiger partial charge in [-0.25, -0.2) is 4.98 Å². The standard InChI is InChI=1S/C22H22BrNO4/c1-15-21(17-6-4-3-5-7-17)28-20(24-15)12-13-27-18-10-8-16(9-11-18)14-19(23)22(25)26-2/h3-11,19H,12-14H2,1-2H3. The van der Waals surface area contributed by atoms with E-state index in [9.17, 15) is 4.79 Å². The summed E-state index contributed by atoms with van der Waals surface area (Å²) in [5.74, 6) is 1.94. The summed E-state index contributed by atoms with van der Waals surface area (Å²) in [7, 11) is 1.38. The highest BCUT2D eigenvalue weighted by Crippen LogP contribution is 2.24. The first-order valence-corrected chi connectivity index (χ1v) is 9.93. The SMILES string of the molecule is COC(=O)C(Br)Cc1ccc(OCCc2nc(C)c(-c3ccccc3)o2)cc1. The molecule has 0 spiro atoms. The van der Waals surface area contributed by atoms with Gasteiger partial charge in [0.05, 0.1) is 25.8 Å². The molecule has 3 rings (SSSR count). The van der Waals surface area contributed by atoms with Gasteiger partial charge in [-0.3, -0.25) is 4.79 Å². The fourth-order valence-electron chi connectivity index (χ4n) is 2.81. The molecule has 1 unspecified atom stereocenters. The molecule has 1 aromatic heterocycles. The quantitative estimate of drug-likeness (QED) is 0.371. The van der Waals surface area contributed by atoms with Crippen LogP contribution in [0.1, 0.15) is 17.1 Å². The van der Waals surface area contributed by atoms with E-state index >= 15 is 0 Å².